The molecule has 0 spiro atoms. The monoisotopic (exact) mass is 555 g/mol. The Balaban J connectivity index is 1.21. The van der Waals surface area contributed by atoms with Gasteiger partial charge in [0.05, 0.1) is 22.8 Å². The molecule has 40 heavy (non-hydrogen) atoms. The number of aryl methyl sites for hydroxylation is 1. The van der Waals surface area contributed by atoms with Crippen LogP contribution in [-0.2, 0) is 28.9 Å². The fourth-order valence-electron chi connectivity index (χ4n) is 4.38. The van der Waals surface area contributed by atoms with Crippen LogP contribution in [0.4, 0.5) is 0 Å². The lowest BCUT2D eigenvalue weighted by atomic mass is 10.1. The van der Waals surface area contributed by atoms with Crippen LogP contribution in [0.5, 0.6) is 5.75 Å². The van der Waals surface area contributed by atoms with Crippen LogP contribution < -0.4 is 10.1 Å². The highest BCUT2D eigenvalue weighted by atomic mass is 35.5. The predicted octanol–water partition coefficient (Wildman–Crippen LogP) is 6.85. The summed E-state index contributed by atoms with van der Waals surface area (Å²) < 4.78 is 17.4. The second-order valence-electron chi connectivity index (χ2n) is 9.46. The lowest BCUT2D eigenvalue weighted by molar-refractivity contribution is -0.150. The number of nitrogens with zero attached hydrogens (tertiary/aromatic N) is 2. The number of hydrogen-bond acceptors (Lipinski definition) is 7. The Morgan fingerprint density at radius 2 is 1.70 bits per heavy atom. The number of aromatic nitrogens is 2. The Morgan fingerprint density at radius 3 is 2.42 bits per heavy atom. The quantitative estimate of drug-likeness (QED) is 0.133. The largest absolute Gasteiger partial charge is 0.483 e. The van der Waals surface area contributed by atoms with E-state index in [1.165, 1.54) is 0 Å². The highest BCUT2D eigenvalue weighted by Gasteiger charge is 2.19. The number of rotatable bonds is 12. The van der Waals surface area contributed by atoms with Gasteiger partial charge in [-0.15, -0.1) is 0 Å². The molecule has 0 fully saturated rings. The number of carbonyl (C=O) groups is 1. The molecule has 0 saturated heterocycles. The zero-order chi connectivity index (χ0) is 27.7. The van der Waals surface area contributed by atoms with Crippen LogP contribution in [0.2, 0.25) is 5.02 Å². The molecule has 1 N–H and O–H groups in total. The number of ether oxygens (including phenoxy) is 2. The highest BCUT2D eigenvalue weighted by Crippen LogP contribution is 2.34. The van der Waals surface area contributed by atoms with Crippen molar-refractivity contribution in [3.63, 3.8) is 0 Å². The molecule has 5 rings (SSSR count). The normalized spacial score (nSPS) is 12.7. The standard InChI is InChI=1S/C32H30ClN3O4/c1-22(27-14-8-9-17-34-27)38-30-20-29-25(19-26(30)33)28(36-40-29)15-16-32(37)39-31(18-23-10-4-2-5-11-23)35-21-24-12-6-3-7-13-24/h2-14,17,19-20,22,31,35H,15-16,18,21H2,1H3/t22-,31-/m1/s1. The van der Waals surface area contributed by atoms with Crippen LogP contribution in [0.3, 0.4) is 0 Å². The van der Waals surface area contributed by atoms with Gasteiger partial charge in [-0.1, -0.05) is 83.5 Å². The molecule has 8 heteroatoms. The molecule has 2 heterocycles. The highest BCUT2D eigenvalue weighted by molar-refractivity contribution is 6.32. The number of pyridine rings is 1. The van der Waals surface area contributed by atoms with Crippen LogP contribution in [0.25, 0.3) is 11.0 Å². The summed E-state index contributed by atoms with van der Waals surface area (Å²) in [5.74, 6) is 0.149. The zero-order valence-electron chi connectivity index (χ0n) is 22.1. The van der Waals surface area contributed by atoms with Gasteiger partial charge in [0.25, 0.3) is 0 Å². The molecule has 5 aromatic rings. The molecule has 0 aliphatic carbocycles. The minimum absolute atomic E-state index is 0.145. The summed E-state index contributed by atoms with van der Waals surface area (Å²) >= 11 is 6.54. The second-order valence-corrected chi connectivity index (χ2v) is 9.86. The minimum Gasteiger partial charge on any atom is -0.483 e. The van der Waals surface area contributed by atoms with Gasteiger partial charge in [0.1, 0.15) is 11.9 Å². The van der Waals surface area contributed by atoms with Gasteiger partial charge in [-0.25, -0.2) is 0 Å². The van der Waals surface area contributed by atoms with Crippen molar-refractivity contribution in [2.75, 3.05) is 0 Å². The van der Waals surface area contributed by atoms with E-state index < -0.39 is 6.23 Å². The van der Waals surface area contributed by atoms with E-state index in [2.05, 4.69) is 15.5 Å². The van der Waals surface area contributed by atoms with Crippen molar-refractivity contribution in [1.82, 2.24) is 15.5 Å². The van der Waals surface area contributed by atoms with Crippen molar-refractivity contribution in [2.45, 2.75) is 45.1 Å². The molecule has 0 bridgehead atoms. The van der Waals surface area contributed by atoms with Crippen molar-refractivity contribution in [3.8, 4) is 5.75 Å². The predicted molar refractivity (Wildman–Crippen MR) is 154 cm³/mol. The molecule has 0 saturated carbocycles. The van der Waals surface area contributed by atoms with Crippen LogP contribution in [0, 0.1) is 0 Å². The number of benzene rings is 3. The lowest BCUT2D eigenvalue weighted by Crippen LogP contribution is -2.35. The first kappa shape index (κ1) is 27.4. The summed E-state index contributed by atoms with van der Waals surface area (Å²) in [5, 5.41) is 8.71. The van der Waals surface area contributed by atoms with E-state index in [1.807, 2.05) is 85.8 Å². The Kier molecular flexibility index (Phi) is 9.06. The molecular weight excluding hydrogens is 526 g/mol. The van der Waals surface area contributed by atoms with E-state index in [1.54, 1.807) is 18.3 Å². The summed E-state index contributed by atoms with van der Waals surface area (Å²) in [7, 11) is 0. The molecule has 0 unspecified atom stereocenters. The van der Waals surface area contributed by atoms with E-state index in [0.29, 0.717) is 41.4 Å². The van der Waals surface area contributed by atoms with Crippen molar-refractivity contribution in [2.24, 2.45) is 0 Å². The average molecular weight is 556 g/mol. The molecule has 0 aliphatic rings. The number of halogens is 1. The third kappa shape index (κ3) is 7.25. The summed E-state index contributed by atoms with van der Waals surface area (Å²) in [6.07, 6.45) is 2.00. The summed E-state index contributed by atoms with van der Waals surface area (Å²) in [4.78, 5) is 17.2. The number of nitrogens with one attached hydrogen (secondary N) is 1. The first-order valence-electron chi connectivity index (χ1n) is 13.2. The van der Waals surface area contributed by atoms with E-state index in [0.717, 1.165) is 22.2 Å². The van der Waals surface area contributed by atoms with E-state index in [9.17, 15) is 4.79 Å². The Labute approximate surface area is 238 Å². The molecular formula is C32H30ClN3O4. The van der Waals surface area contributed by atoms with Crippen molar-refractivity contribution < 1.29 is 18.8 Å². The zero-order valence-corrected chi connectivity index (χ0v) is 22.9. The van der Waals surface area contributed by atoms with E-state index in [4.69, 9.17) is 25.6 Å². The Bertz CT molecular complexity index is 1530. The summed E-state index contributed by atoms with van der Waals surface area (Å²) in [5.41, 5.74) is 4.14. The maximum atomic E-state index is 12.9. The van der Waals surface area contributed by atoms with Gasteiger partial charge in [-0.3, -0.25) is 15.1 Å². The van der Waals surface area contributed by atoms with E-state index in [-0.39, 0.29) is 18.5 Å². The molecule has 3 aromatic carbocycles. The number of hydrogen-bond donors (Lipinski definition) is 1. The van der Waals surface area contributed by atoms with Crippen LogP contribution in [0.1, 0.15) is 42.0 Å². The van der Waals surface area contributed by atoms with E-state index >= 15 is 0 Å². The topological polar surface area (TPSA) is 86.5 Å². The lowest BCUT2D eigenvalue weighted by Gasteiger charge is -2.20. The Morgan fingerprint density at radius 1 is 0.975 bits per heavy atom. The maximum Gasteiger partial charge on any atom is 0.307 e. The van der Waals surface area contributed by atoms with Crippen LogP contribution in [0.15, 0.2) is 102 Å². The molecule has 0 radical (unpaired) electrons. The van der Waals surface area contributed by atoms with Gasteiger partial charge >= 0.3 is 5.97 Å². The summed E-state index contributed by atoms with van der Waals surface area (Å²) in [6, 6.07) is 29.1. The van der Waals surface area contributed by atoms with Crippen LogP contribution >= 0.6 is 11.6 Å². The summed E-state index contributed by atoms with van der Waals surface area (Å²) in [6.45, 7) is 2.49. The molecule has 2 atom stereocenters. The fourth-order valence-corrected chi connectivity index (χ4v) is 4.58. The van der Waals surface area contributed by atoms with Crippen molar-refractivity contribution in [1.29, 1.82) is 0 Å². The number of fused-ring (bicyclic) bond motifs is 1. The first-order valence-corrected chi connectivity index (χ1v) is 13.6. The molecule has 7 nitrogen and oxygen atoms in total. The fraction of sp³-hybridized carbons (Fsp3) is 0.219. The SMILES string of the molecule is C[C@@H](Oc1cc2onc(CCC(=O)O[C@H](Cc3ccccc3)NCc3ccccc3)c2cc1Cl)c1ccccn1. The Hall–Kier alpha value is -4.20. The maximum absolute atomic E-state index is 12.9. The third-order valence-electron chi connectivity index (χ3n) is 6.49. The van der Waals surface area contributed by atoms with Gasteiger partial charge in [0.2, 0.25) is 0 Å². The van der Waals surface area contributed by atoms with Crippen LogP contribution in [-0.4, -0.2) is 22.3 Å². The molecule has 2 aromatic heterocycles. The van der Waals surface area contributed by atoms with Gasteiger partial charge in [-0.05, 0) is 36.2 Å². The number of esters is 1. The van der Waals surface area contributed by atoms with Gasteiger partial charge in [-0.2, -0.15) is 0 Å². The van der Waals surface area contributed by atoms with Gasteiger partial charge < -0.3 is 14.0 Å². The van der Waals surface area contributed by atoms with Crippen molar-refractivity contribution >= 4 is 28.5 Å². The second kappa shape index (κ2) is 13.2. The molecule has 0 amide bonds. The first-order chi connectivity index (χ1) is 19.5. The van der Waals surface area contributed by atoms with Gasteiger partial charge in [0.15, 0.2) is 11.8 Å². The smallest absolute Gasteiger partial charge is 0.307 e. The molecule has 204 valence electrons. The van der Waals surface area contributed by atoms with Gasteiger partial charge in [0, 0.05) is 37.0 Å². The molecule has 0 aliphatic heterocycles. The third-order valence-corrected chi connectivity index (χ3v) is 6.78. The minimum atomic E-state index is -0.473. The average Bonchev–Trinajstić information content (AvgIpc) is 3.37. The number of carbonyl (C=O) groups excluding carboxylic acids is 1. The van der Waals surface area contributed by atoms with Crippen molar-refractivity contribution in [3.05, 3.63) is 125 Å².